The first-order valence-corrected chi connectivity index (χ1v) is 20.6. The van der Waals surface area contributed by atoms with Crippen molar-refractivity contribution < 1.29 is 0 Å². The molecule has 1 atom stereocenters. The van der Waals surface area contributed by atoms with Crippen molar-refractivity contribution in [3.8, 4) is 11.1 Å². The molecule has 3 aliphatic rings. The number of hydrogen-bond donors (Lipinski definition) is 0. The van der Waals surface area contributed by atoms with Crippen LogP contribution in [-0.2, 0) is 6.42 Å². The smallest absolute Gasteiger partial charge is 0.0615 e. The van der Waals surface area contributed by atoms with Gasteiger partial charge in [-0.1, -0.05) is 173 Å². The number of anilines is 2. The summed E-state index contributed by atoms with van der Waals surface area (Å²) in [7, 11) is 0. The third-order valence-corrected chi connectivity index (χ3v) is 12.7. The second-order valence-electron chi connectivity index (χ2n) is 16.5. The zero-order chi connectivity index (χ0) is 39.3. The van der Waals surface area contributed by atoms with Crippen LogP contribution in [0.25, 0.3) is 49.0 Å². The van der Waals surface area contributed by atoms with E-state index in [1.807, 2.05) is 6.08 Å². The summed E-state index contributed by atoms with van der Waals surface area (Å²) in [5, 5.41) is 7.65. The van der Waals surface area contributed by atoms with Gasteiger partial charge in [-0.15, -0.1) is 0 Å². The topological polar surface area (TPSA) is 3.24 Å². The summed E-state index contributed by atoms with van der Waals surface area (Å²) >= 11 is 0. The monoisotopic (exact) mass is 737 g/mol. The average Bonchev–Trinajstić information content (AvgIpc) is 3.40. The number of rotatable bonds is 7. The molecule has 9 rings (SSSR count). The lowest BCUT2D eigenvalue weighted by molar-refractivity contribution is 0.479. The number of fused-ring (bicyclic) bond motifs is 4. The van der Waals surface area contributed by atoms with E-state index >= 15 is 0 Å². The molecule has 0 saturated heterocycles. The fourth-order valence-corrected chi connectivity index (χ4v) is 10.0. The van der Waals surface area contributed by atoms with Crippen molar-refractivity contribution in [3.63, 3.8) is 0 Å². The standard InChI is InChI=1S/C56H51N/c1-7-9-11-22-47-35-46-34-45(32-37(3)54(46)56(47,5)6)53-48-23-15-16-24-49(48)55(57-38(4)39(18-10-8-2)26-28-41-20-14-17-25-52(41)57)50-31-30-44(36-51(50)53)43-29-27-40-19-12-13-21-42(40)33-43/h7-25,27,29-31,33-37H,2,26,28,32H2,1,3-6H3/b9-7-,18-10-,22-11-. The highest BCUT2D eigenvalue weighted by molar-refractivity contribution is 6.20. The Morgan fingerprint density at radius 3 is 2.25 bits per heavy atom. The summed E-state index contributed by atoms with van der Waals surface area (Å²) in [6.45, 7) is 15.6. The van der Waals surface area contributed by atoms with E-state index in [0.717, 1.165) is 19.3 Å². The van der Waals surface area contributed by atoms with Crippen LogP contribution in [0, 0.1) is 11.3 Å². The van der Waals surface area contributed by atoms with Crippen LogP contribution in [0.3, 0.4) is 0 Å². The Labute approximate surface area is 338 Å². The van der Waals surface area contributed by atoms with Crippen LogP contribution in [0.2, 0.25) is 0 Å². The fourth-order valence-electron chi connectivity index (χ4n) is 10.0. The lowest BCUT2D eigenvalue weighted by Gasteiger charge is -2.34. The molecule has 0 saturated carbocycles. The Balaban J connectivity index is 1.36. The Morgan fingerprint density at radius 1 is 0.702 bits per heavy atom. The van der Waals surface area contributed by atoms with Gasteiger partial charge in [-0.3, -0.25) is 0 Å². The summed E-state index contributed by atoms with van der Waals surface area (Å²) in [6, 6.07) is 41.0. The summed E-state index contributed by atoms with van der Waals surface area (Å²) in [5.41, 5.74) is 16.0. The van der Waals surface area contributed by atoms with Gasteiger partial charge < -0.3 is 4.90 Å². The number of allylic oxidation sites excluding steroid dienone is 15. The van der Waals surface area contributed by atoms with Crippen molar-refractivity contribution in [2.24, 2.45) is 11.3 Å². The molecule has 1 heterocycles. The predicted octanol–water partition coefficient (Wildman–Crippen LogP) is 15.7. The molecule has 0 amide bonds. The maximum absolute atomic E-state index is 4.01. The van der Waals surface area contributed by atoms with Crippen LogP contribution >= 0.6 is 0 Å². The van der Waals surface area contributed by atoms with Gasteiger partial charge in [0.1, 0.15) is 0 Å². The van der Waals surface area contributed by atoms with Gasteiger partial charge in [0.2, 0.25) is 0 Å². The highest BCUT2D eigenvalue weighted by Crippen LogP contribution is 2.54. The predicted molar refractivity (Wildman–Crippen MR) is 248 cm³/mol. The van der Waals surface area contributed by atoms with Crippen molar-refractivity contribution in [3.05, 3.63) is 210 Å². The quantitative estimate of drug-likeness (QED) is 0.116. The summed E-state index contributed by atoms with van der Waals surface area (Å²) in [4.78, 5) is 2.57. The maximum Gasteiger partial charge on any atom is 0.0615 e. The molecule has 6 aromatic rings. The largest absolute Gasteiger partial charge is 0.313 e. The van der Waals surface area contributed by atoms with E-state index in [-0.39, 0.29) is 5.41 Å². The third-order valence-electron chi connectivity index (χ3n) is 12.7. The zero-order valence-electron chi connectivity index (χ0n) is 33.9. The first-order valence-electron chi connectivity index (χ1n) is 20.6. The summed E-state index contributed by atoms with van der Waals surface area (Å²) < 4.78 is 0. The number of hydrogen-bond acceptors (Lipinski definition) is 1. The van der Waals surface area contributed by atoms with Gasteiger partial charge in [0.15, 0.2) is 0 Å². The first-order chi connectivity index (χ1) is 27.8. The van der Waals surface area contributed by atoms with Gasteiger partial charge in [0, 0.05) is 27.6 Å². The molecule has 57 heavy (non-hydrogen) atoms. The van der Waals surface area contributed by atoms with E-state index in [1.54, 1.807) is 5.57 Å². The maximum atomic E-state index is 4.01. The van der Waals surface area contributed by atoms with E-state index in [0.29, 0.717) is 5.92 Å². The normalized spacial score (nSPS) is 18.3. The van der Waals surface area contributed by atoms with Crippen LogP contribution in [0.1, 0.15) is 58.6 Å². The Kier molecular flexibility index (Phi) is 9.41. The van der Waals surface area contributed by atoms with Crippen molar-refractivity contribution in [1.82, 2.24) is 0 Å². The molecule has 1 nitrogen and oxygen atoms in total. The number of nitrogens with zero attached hydrogens (tertiary/aromatic N) is 1. The SMILES string of the molecule is C=C/C=C\C1=C(C)N(c2c3ccccc3c(C3=CC4=C(C(C)C3)C(C)(C)C(/C=C\C=C/C)=C4)c3cc(-c4ccc5ccccc5c4)ccc23)c2ccccc2CC1. The van der Waals surface area contributed by atoms with Gasteiger partial charge in [-0.25, -0.2) is 0 Å². The molecule has 6 aromatic carbocycles. The van der Waals surface area contributed by atoms with Crippen LogP contribution in [0.15, 0.2) is 198 Å². The second kappa shape index (κ2) is 14.7. The molecule has 0 aromatic heterocycles. The number of aryl methyl sites for hydroxylation is 1. The molecule has 2 aliphatic carbocycles. The van der Waals surface area contributed by atoms with Gasteiger partial charge in [0.25, 0.3) is 0 Å². The van der Waals surface area contributed by atoms with Crippen molar-refractivity contribution in [1.29, 1.82) is 0 Å². The molecule has 1 unspecified atom stereocenters. The molecule has 0 radical (unpaired) electrons. The molecular formula is C56H51N. The second-order valence-corrected chi connectivity index (χ2v) is 16.5. The van der Waals surface area contributed by atoms with Crippen molar-refractivity contribution in [2.75, 3.05) is 4.90 Å². The average molecular weight is 738 g/mol. The molecule has 0 bridgehead atoms. The highest BCUT2D eigenvalue weighted by Gasteiger charge is 2.39. The summed E-state index contributed by atoms with van der Waals surface area (Å²) in [5.74, 6) is 0.401. The molecule has 280 valence electrons. The molecule has 0 fully saturated rings. The van der Waals surface area contributed by atoms with Crippen molar-refractivity contribution >= 4 is 49.3 Å². The van der Waals surface area contributed by atoms with E-state index in [2.05, 4.69) is 204 Å². The molecule has 0 spiro atoms. The molecule has 1 aliphatic heterocycles. The van der Waals surface area contributed by atoms with E-state index in [1.165, 1.54) is 93.9 Å². The van der Waals surface area contributed by atoms with Gasteiger partial charge in [-0.05, 0) is 129 Å². The Morgan fingerprint density at radius 2 is 1.42 bits per heavy atom. The number of benzene rings is 6. The van der Waals surface area contributed by atoms with Gasteiger partial charge >= 0.3 is 0 Å². The van der Waals surface area contributed by atoms with Crippen LogP contribution < -0.4 is 4.90 Å². The minimum Gasteiger partial charge on any atom is -0.313 e. The van der Waals surface area contributed by atoms with E-state index in [9.17, 15) is 0 Å². The van der Waals surface area contributed by atoms with Crippen LogP contribution in [0.5, 0.6) is 0 Å². The van der Waals surface area contributed by atoms with Crippen molar-refractivity contribution in [2.45, 2.75) is 53.9 Å². The van der Waals surface area contributed by atoms with Crippen LogP contribution in [0.4, 0.5) is 11.4 Å². The molecule has 1 heteroatoms. The van der Waals surface area contributed by atoms with E-state index < -0.39 is 0 Å². The Bertz CT molecular complexity index is 2840. The van der Waals surface area contributed by atoms with Gasteiger partial charge in [0.05, 0.1) is 5.69 Å². The zero-order valence-corrected chi connectivity index (χ0v) is 33.9. The molecular weight excluding hydrogens is 687 g/mol. The minimum absolute atomic E-state index is 0.0200. The lowest BCUT2D eigenvalue weighted by Crippen LogP contribution is -2.21. The minimum atomic E-state index is -0.0200. The first kappa shape index (κ1) is 36.5. The molecule has 0 N–H and O–H groups in total. The Hall–Kier alpha value is -6.18. The third kappa shape index (κ3) is 6.27. The summed E-state index contributed by atoms with van der Waals surface area (Å²) in [6.07, 6.45) is 22.9. The highest BCUT2D eigenvalue weighted by atomic mass is 15.2. The fraction of sp³-hybridized carbons (Fsp3) is 0.179. The van der Waals surface area contributed by atoms with Gasteiger partial charge in [-0.2, -0.15) is 0 Å². The van der Waals surface area contributed by atoms with E-state index in [4.69, 9.17) is 0 Å². The van der Waals surface area contributed by atoms with Crippen LogP contribution in [-0.4, -0.2) is 0 Å². The lowest BCUT2D eigenvalue weighted by atomic mass is 9.70. The number of para-hydroxylation sites is 1.